The van der Waals surface area contributed by atoms with Crippen molar-refractivity contribution < 1.29 is 14.3 Å². The zero-order valence-corrected chi connectivity index (χ0v) is 23.6. The van der Waals surface area contributed by atoms with Gasteiger partial charge in [0.1, 0.15) is 0 Å². The van der Waals surface area contributed by atoms with Gasteiger partial charge in [0.05, 0.1) is 31.5 Å². The van der Waals surface area contributed by atoms with E-state index < -0.39 is 0 Å². The summed E-state index contributed by atoms with van der Waals surface area (Å²) >= 11 is 0. The highest BCUT2D eigenvalue weighted by atomic mass is 16.5. The molecule has 0 bridgehead atoms. The molecule has 1 fully saturated rings. The minimum absolute atomic E-state index is 0.0847. The summed E-state index contributed by atoms with van der Waals surface area (Å²) in [5.74, 6) is 1.50. The quantitative estimate of drug-likeness (QED) is 0.339. The molecule has 1 saturated heterocycles. The normalized spacial score (nSPS) is 19.6. The summed E-state index contributed by atoms with van der Waals surface area (Å²) < 4.78 is 11.6. The molecule has 3 aromatic carbocycles. The molecule has 208 valence electrons. The van der Waals surface area contributed by atoms with E-state index in [-0.39, 0.29) is 29.9 Å². The molecule has 3 N–H and O–H groups in total. The number of benzene rings is 3. The molecule has 0 spiro atoms. The lowest BCUT2D eigenvalue weighted by atomic mass is 9.79. The number of carbonyl (C=O) groups is 1. The number of likely N-dealkylation sites (N-methyl/N-ethyl adjacent to an activating group) is 1. The Bertz CT molecular complexity index is 1420. The van der Waals surface area contributed by atoms with Gasteiger partial charge in [0.2, 0.25) is 0 Å². The summed E-state index contributed by atoms with van der Waals surface area (Å²) in [5.41, 5.74) is 11.7. The van der Waals surface area contributed by atoms with Crippen LogP contribution < -0.4 is 20.5 Å². The number of fused-ring (bicyclic) bond motifs is 3. The van der Waals surface area contributed by atoms with Crippen LogP contribution in [0.3, 0.4) is 0 Å². The largest absolute Gasteiger partial charge is 0.493 e. The first-order valence-electron chi connectivity index (χ1n) is 13.8. The highest BCUT2D eigenvalue weighted by molar-refractivity contribution is 6.15. The minimum Gasteiger partial charge on any atom is -0.493 e. The Hall–Kier alpha value is -4.17. The summed E-state index contributed by atoms with van der Waals surface area (Å²) in [4.78, 5) is 24.9. The molecule has 5 rings (SSSR count). The van der Waals surface area contributed by atoms with Crippen LogP contribution in [0.15, 0.2) is 76.7 Å². The van der Waals surface area contributed by atoms with E-state index in [2.05, 4.69) is 28.3 Å². The zero-order valence-electron chi connectivity index (χ0n) is 23.6. The minimum atomic E-state index is -0.308. The maximum atomic E-state index is 12.9. The predicted molar refractivity (Wildman–Crippen MR) is 159 cm³/mol. The molecule has 0 aromatic heterocycles. The number of aliphatic imine (C=N–C) groups is 2. The fourth-order valence-corrected chi connectivity index (χ4v) is 5.56. The summed E-state index contributed by atoms with van der Waals surface area (Å²) in [6.45, 7) is 6.43. The van der Waals surface area contributed by atoms with Crippen LogP contribution >= 0.6 is 0 Å². The van der Waals surface area contributed by atoms with Gasteiger partial charge in [-0.15, -0.1) is 0 Å². The van der Waals surface area contributed by atoms with Crippen LogP contribution in [0.4, 0.5) is 0 Å². The van der Waals surface area contributed by atoms with Crippen LogP contribution in [0, 0.1) is 0 Å². The van der Waals surface area contributed by atoms with Crippen molar-refractivity contribution in [3.05, 3.63) is 94.5 Å². The average Bonchev–Trinajstić information content (AvgIpc) is 2.97. The second kappa shape index (κ2) is 11.9. The molecule has 2 aliphatic rings. The fourth-order valence-electron chi connectivity index (χ4n) is 5.56. The Morgan fingerprint density at radius 2 is 1.90 bits per heavy atom. The number of hydrogen-bond donors (Lipinski definition) is 2. The van der Waals surface area contributed by atoms with Crippen molar-refractivity contribution in [2.75, 3.05) is 33.9 Å². The lowest BCUT2D eigenvalue weighted by Gasteiger charge is -2.39. The van der Waals surface area contributed by atoms with E-state index in [0.29, 0.717) is 17.9 Å². The van der Waals surface area contributed by atoms with Gasteiger partial charge in [0.25, 0.3) is 5.91 Å². The first kappa shape index (κ1) is 27.4. The highest BCUT2D eigenvalue weighted by Crippen LogP contribution is 2.42. The van der Waals surface area contributed by atoms with Gasteiger partial charge in [-0.05, 0) is 69.3 Å². The topological polar surface area (TPSA) is 102 Å². The first-order chi connectivity index (χ1) is 19.4. The van der Waals surface area contributed by atoms with Gasteiger partial charge >= 0.3 is 0 Å². The summed E-state index contributed by atoms with van der Waals surface area (Å²) in [7, 11) is 3.82. The number of carbonyl (C=O) groups excluding carboxylic acids is 1. The number of ether oxygens (including phenoxy) is 2. The van der Waals surface area contributed by atoms with Crippen LogP contribution in [0.1, 0.15) is 64.8 Å². The van der Waals surface area contributed by atoms with Crippen molar-refractivity contribution in [3.8, 4) is 11.5 Å². The smallest absolute Gasteiger partial charge is 0.257 e. The van der Waals surface area contributed by atoms with Crippen LogP contribution in [-0.2, 0) is 0 Å². The Balaban J connectivity index is 1.40. The molecule has 3 atom stereocenters. The van der Waals surface area contributed by atoms with Crippen molar-refractivity contribution >= 4 is 17.6 Å². The highest BCUT2D eigenvalue weighted by Gasteiger charge is 2.36. The molecular weight excluding hydrogens is 502 g/mol. The Kier molecular flexibility index (Phi) is 8.16. The summed E-state index contributed by atoms with van der Waals surface area (Å²) in [6.07, 6.45) is 0.987. The maximum absolute atomic E-state index is 12.9. The van der Waals surface area contributed by atoms with Gasteiger partial charge < -0.3 is 20.1 Å². The van der Waals surface area contributed by atoms with E-state index in [1.165, 1.54) is 5.56 Å². The number of hydrogen-bond acceptors (Lipinski definition) is 6. The van der Waals surface area contributed by atoms with Gasteiger partial charge in [-0.1, -0.05) is 42.5 Å². The molecule has 0 radical (unpaired) electrons. The number of nitrogens with two attached hydrogens (primary N) is 1. The number of amides is 1. The van der Waals surface area contributed by atoms with Crippen LogP contribution in [0.2, 0.25) is 0 Å². The summed E-state index contributed by atoms with van der Waals surface area (Å²) in [5, 5.41) is 2.71. The third kappa shape index (κ3) is 5.72. The summed E-state index contributed by atoms with van der Waals surface area (Å²) in [6, 6.07) is 21.5. The number of likely N-dealkylation sites (tertiary alicyclic amines) is 1. The van der Waals surface area contributed by atoms with Gasteiger partial charge in [0.15, 0.2) is 17.5 Å². The van der Waals surface area contributed by atoms with Crippen molar-refractivity contribution in [3.63, 3.8) is 0 Å². The van der Waals surface area contributed by atoms with Gasteiger partial charge in [-0.2, -0.15) is 0 Å². The number of piperidine rings is 1. The molecule has 8 nitrogen and oxygen atoms in total. The standard InChI is InChI=1S/C32H37N5O3/c1-5-40-29-17-24-25(18-28(29)39-4)30(35-27-15-16-37(3)19-26(24)27)22-11-13-23(14-12-22)31(38)36-32(33)34-20(2)21-9-7-6-8-10-21/h6-14,17-18,20,26-27H,5,15-16,19H2,1-4H3,(H3,33,34,36,38)/t20-,26+,27+/m0/s1. The monoisotopic (exact) mass is 539 g/mol. The van der Waals surface area contributed by atoms with Crippen LogP contribution in [0.5, 0.6) is 11.5 Å². The number of guanidine groups is 1. The Morgan fingerprint density at radius 1 is 1.15 bits per heavy atom. The number of rotatable bonds is 7. The zero-order chi connectivity index (χ0) is 28.2. The second-order valence-corrected chi connectivity index (χ2v) is 10.4. The molecule has 0 unspecified atom stereocenters. The van der Waals surface area contributed by atoms with E-state index in [1.807, 2.05) is 62.4 Å². The first-order valence-corrected chi connectivity index (χ1v) is 13.8. The molecule has 2 aliphatic heterocycles. The van der Waals surface area contributed by atoms with E-state index in [4.69, 9.17) is 20.2 Å². The number of methoxy groups -OCH3 is 1. The van der Waals surface area contributed by atoms with Crippen molar-refractivity contribution in [1.29, 1.82) is 0 Å². The van der Waals surface area contributed by atoms with E-state index in [0.717, 1.165) is 47.7 Å². The molecule has 40 heavy (non-hydrogen) atoms. The third-order valence-corrected chi connectivity index (χ3v) is 7.64. The van der Waals surface area contributed by atoms with Gasteiger partial charge in [0, 0.05) is 29.2 Å². The molecule has 0 aliphatic carbocycles. The van der Waals surface area contributed by atoms with Crippen molar-refractivity contribution in [2.24, 2.45) is 15.7 Å². The lowest BCUT2D eigenvalue weighted by Crippen LogP contribution is -2.41. The van der Waals surface area contributed by atoms with E-state index in [1.54, 1.807) is 19.2 Å². The second-order valence-electron chi connectivity index (χ2n) is 10.4. The van der Waals surface area contributed by atoms with Crippen LogP contribution in [0.25, 0.3) is 0 Å². The van der Waals surface area contributed by atoms with E-state index in [9.17, 15) is 4.79 Å². The third-order valence-electron chi connectivity index (χ3n) is 7.64. The maximum Gasteiger partial charge on any atom is 0.257 e. The molecule has 0 saturated carbocycles. The predicted octanol–water partition coefficient (Wildman–Crippen LogP) is 4.54. The molecule has 8 heteroatoms. The number of nitrogens with zero attached hydrogens (tertiary/aromatic N) is 3. The van der Waals surface area contributed by atoms with Gasteiger partial charge in [-0.3, -0.25) is 15.1 Å². The Labute approximate surface area is 235 Å². The number of nitrogens with one attached hydrogen (secondary N) is 1. The van der Waals surface area contributed by atoms with Gasteiger partial charge in [-0.25, -0.2) is 4.99 Å². The average molecular weight is 540 g/mol. The van der Waals surface area contributed by atoms with Crippen molar-refractivity contribution in [2.45, 2.75) is 38.3 Å². The van der Waals surface area contributed by atoms with Crippen LogP contribution in [-0.4, -0.2) is 62.4 Å². The lowest BCUT2D eigenvalue weighted by molar-refractivity contribution is 0.0976. The fraction of sp³-hybridized carbons (Fsp3) is 0.344. The molecule has 3 aromatic rings. The van der Waals surface area contributed by atoms with Crippen molar-refractivity contribution in [1.82, 2.24) is 10.2 Å². The molecular formula is C32H37N5O3. The van der Waals surface area contributed by atoms with E-state index >= 15 is 0 Å². The SMILES string of the molecule is CCOc1cc2c(cc1OC)C(c1ccc(C(=O)NC(N)=N[C@@H](C)c3ccccc3)cc1)=N[C@@H]1CCN(C)C[C@H]21. The molecule has 1 amide bonds. The Morgan fingerprint density at radius 3 is 2.60 bits per heavy atom. The molecule has 2 heterocycles.